The first-order valence-electron chi connectivity index (χ1n) is 10.0. The number of amides is 1. The minimum Gasteiger partial charge on any atom is -0.505 e. The van der Waals surface area contributed by atoms with Gasteiger partial charge < -0.3 is 20.6 Å². The number of nitrogens with zero attached hydrogens (tertiary/aromatic N) is 1. The van der Waals surface area contributed by atoms with Gasteiger partial charge in [-0.15, -0.1) is 0 Å². The molecule has 7 heteroatoms. The summed E-state index contributed by atoms with van der Waals surface area (Å²) in [6.07, 6.45) is 0.800. The highest BCUT2D eigenvalue weighted by Crippen LogP contribution is 2.32. The van der Waals surface area contributed by atoms with E-state index in [2.05, 4.69) is 36.6 Å². The van der Waals surface area contributed by atoms with Gasteiger partial charge in [-0.05, 0) is 29.5 Å². The number of rotatable bonds is 8. The third kappa shape index (κ3) is 4.77. The molecule has 162 valence electrons. The van der Waals surface area contributed by atoms with Gasteiger partial charge in [0.2, 0.25) is 0 Å². The highest BCUT2D eigenvalue weighted by atomic mass is 16.3. The number of carbonyl (C=O) groups is 1. The molecule has 0 unspecified atom stereocenters. The molecular formula is C24H27N3O4. The van der Waals surface area contributed by atoms with Crippen LogP contribution in [-0.4, -0.2) is 36.6 Å². The zero-order chi connectivity index (χ0) is 22.8. The Morgan fingerprint density at radius 1 is 0.968 bits per heavy atom. The third-order valence-corrected chi connectivity index (χ3v) is 5.11. The van der Waals surface area contributed by atoms with Gasteiger partial charge in [0.15, 0.2) is 5.75 Å². The van der Waals surface area contributed by atoms with Crippen molar-refractivity contribution in [3.63, 3.8) is 0 Å². The van der Waals surface area contributed by atoms with E-state index in [0.29, 0.717) is 6.54 Å². The number of anilines is 3. The van der Waals surface area contributed by atoms with Gasteiger partial charge in [-0.3, -0.25) is 14.4 Å². The van der Waals surface area contributed by atoms with Crippen LogP contribution in [0.5, 0.6) is 5.75 Å². The summed E-state index contributed by atoms with van der Waals surface area (Å²) in [4.78, 5) is 37.9. The molecule has 0 aromatic heterocycles. The smallest absolute Gasteiger partial charge is 0.257 e. The lowest BCUT2D eigenvalue weighted by Gasteiger charge is -2.27. The Hall–Kier alpha value is -3.61. The van der Waals surface area contributed by atoms with Crippen LogP contribution < -0.4 is 21.5 Å². The number of hydrogen-bond acceptors (Lipinski definition) is 6. The fourth-order valence-corrected chi connectivity index (χ4v) is 3.41. The highest BCUT2D eigenvalue weighted by Gasteiger charge is 2.26. The van der Waals surface area contributed by atoms with E-state index < -0.39 is 10.9 Å². The SMILES string of the molecule is CN(C)C(=O)c1cccc(Nc2c(NCC(C)(C)Cc3ccccc3)c(=O)c2=O)c1O. The second-order valence-corrected chi connectivity index (χ2v) is 8.61. The molecule has 0 aliphatic heterocycles. The number of hydrogen-bond donors (Lipinski definition) is 3. The Labute approximate surface area is 181 Å². The lowest BCUT2D eigenvalue weighted by molar-refractivity contribution is 0.0824. The molecule has 0 aliphatic carbocycles. The maximum absolute atomic E-state index is 12.2. The number of carbonyl (C=O) groups excluding carboxylic acids is 1. The van der Waals surface area contributed by atoms with Crippen LogP contribution in [-0.2, 0) is 6.42 Å². The minimum absolute atomic E-state index is 0.0882. The van der Waals surface area contributed by atoms with E-state index in [1.165, 1.54) is 16.5 Å². The maximum atomic E-state index is 12.2. The first kappa shape index (κ1) is 22.1. The summed E-state index contributed by atoms with van der Waals surface area (Å²) in [5.41, 5.74) is 0.326. The van der Waals surface area contributed by atoms with Crippen LogP contribution in [0, 0.1) is 5.41 Å². The number of benzene rings is 2. The fourth-order valence-electron chi connectivity index (χ4n) is 3.41. The standard InChI is InChI=1S/C24H27N3O4/c1-24(2,13-15-9-6-5-7-10-15)14-25-18-19(22(30)21(18)29)26-17-12-8-11-16(20(17)28)23(31)27(3)4/h5-12,25-26,28H,13-14H2,1-4H3. The summed E-state index contributed by atoms with van der Waals surface area (Å²) in [7, 11) is 3.16. The van der Waals surface area contributed by atoms with Crippen molar-refractivity contribution in [1.29, 1.82) is 0 Å². The van der Waals surface area contributed by atoms with Crippen molar-refractivity contribution in [3.05, 3.63) is 80.1 Å². The van der Waals surface area contributed by atoms with E-state index in [1.54, 1.807) is 26.2 Å². The van der Waals surface area contributed by atoms with Crippen molar-refractivity contribution in [1.82, 2.24) is 4.90 Å². The molecule has 0 aliphatic rings. The molecule has 0 radical (unpaired) electrons. The summed E-state index contributed by atoms with van der Waals surface area (Å²) < 4.78 is 0. The number of aromatic hydroxyl groups is 1. The summed E-state index contributed by atoms with van der Waals surface area (Å²) in [5, 5.41) is 16.4. The first-order valence-corrected chi connectivity index (χ1v) is 10.0. The first-order chi connectivity index (χ1) is 14.6. The molecule has 0 atom stereocenters. The average molecular weight is 421 g/mol. The van der Waals surface area contributed by atoms with Gasteiger partial charge in [0.05, 0.1) is 11.3 Å². The molecule has 0 fully saturated rings. The number of nitrogens with one attached hydrogen (secondary N) is 2. The van der Waals surface area contributed by atoms with Gasteiger partial charge in [0, 0.05) is 20.6 Å². The maximum Gasteiger partial charge on any atom is 0.257 e. The van der Waals surface area contributed by atoms with E-state index >= 15 is 0 Å². The van der Waals surface area contributed by atoms with Crippen molar-refractivity contribution in [2.24, 2.45) is 5.41 Å². The Morgan fingerprint density at radius 3 is 2.26 bits per heavy atom. The average Bonchev–Trinajstić information content (AvgIpc) is 2.73. The molecule has 3 aromatic carbocycles. The molecule has 0 heterocycles. The van der Waals surface area contributed by atoms with Gasteiger partial charge in [-0.2, -0.15) is 0 Å². The number of phenolic OH excluding ortho intramolecular Hbond substituents is 1. The third-order valence-electron chi connectivity index (χ3n) is 5.11. The molecule has 0 saturated carbocycles. The van der Waals surface area contributed by atoms with Crippen LogP contribution in [0.1, 0.15) is 29.8 Å². The van der Waals surface area contributed by atoms with Crippen molar-refractivity contribution >= 4 is 23.0 Å². The van der Waals surface area contributed by atoms with Gasteiger partial charge in [0.25, 0.3) is 16.8 Å². The highest BCUT2D eigenvalue weighted by molar-refractivity contribution is 5.99. The van der Waals surface area contributed by atoms with Crippen LogP contribution in [0.25, 0.3) is 0 Å². The predicted octanol–water partition coefficient (Wildman–Crippen LogP) is 3.11. The van der Waals surface area contributed by atoms with E-state index in [1.807, 2.05) is 18.2 Å². The van der Waals surface area contributed by atoms with Crippen molar-refractivity contribution in [2.45, 2.75) is 20.3 Å². The Morgan fingerprint density at radius 2 is 1.61 bits per heavy atom. The number of phenols is 1. The van der Waals surface area contributed by atoms with Crippen molar-refractivity contribution < 1.29 is 9.90 Å². The Kier molecular flexibility index (Phi) is 6.15. The van der Waals surface area contributed by atoms with Gasteiger partial charge >= 0.3 is 0 Å². The van der Waals surface area contributed by atoms with E-state index in [-0.39, 0.29) is 39.7 Å². The molecule has 3 rings (SSSR count). The molecule has 7 nitrogen and oxygen atoms in total. The Bertz CT molecular complexity index is 1160. The molecule has 0 saturated heterocycles. The topological polar surface area (TPSA) is 98.7 Å². The molecule has 3 N–H and O–H groups in total. The van der Waals surface area contributed by atoms with E-state index in [0.717, 1.165) is 6.42 Å². The largest absolute Gasteiger partial charge is 0.505 e. The predicted molar refractivity (Wildman–Crippen MR) is 123 cm³/mol. The second kappa shape index (κ2) is 8.63. The van der Waals surface area contributed by atoms with Crippen molar-refractivity contribution in [2.75, 3.05) is 31.3 Å². The molecule has 31 heavy (non-hydrogen) atoms. The van der Waals surface area contributed by atoms with Crippen LogP contribution >= 0.6 is 0 Å². The molecule has 0 spiro atoms. The zero-order valence-electron chi connectivity index (χ0n) is 18.2. The van der Waals surface area contributed by atoms with Gasteiger partial charge in [-0.25, -0.2) is 0 Å². The van der Waals surface area contributed by atoms with Crippen LogP contribution in [0.4, 0.5) is 17.1 Å². The van der Waals surface area contributed by atoms with Crippen molar-refractivity contribution in [3.8, 4) is 5.75 Å². The molecule has 1 amide bonds. The van der Waals surface area contributed by atoms with Crippen LogP contribution in [0.2, 0.25) is 0 Å². The van der Waals surface area contributed by atoms with Gasteiger partial charge in [0.1, 0.15) is 11.4 Å². The monoisotopic (exact) mass is 421 g/mol. The molecular weight excluding hydrogens is 394 g/mol. The van der Waals surface area contributed by atoms with E-state index in [9.17, 15) is 19.5 Å². The summed E-state index contributed by atoms with van der Waals surface area (Å²) in [6, 6.07) is 14.7. The zero-order valence-corrected chi connectivity index (χ0v) is 18.2. The summed E-state index contributed by atoms with van der Waals surface area (Å²) >= 11 is 0. The molecule has 3 aromatic rings. The van der Waals surface area contributed by atoms with Crippen LogP contribution in [0.15, 0.2) is 58.1 Å². The lowest BCUT2D eigenvalue weighted by atomic mass is 9.85. The van der Waals surface area contributed by atoms with E-state index in [4.69, 9.17) is 0 Å². The lowest BCUT2D eigenvalue weighted by Crippen LogP contribution is -2.39. The van der Waals surface area contributed by atoms with Crippen LogP contribution in [0.3, 0.4) is 0 Å². The summed E-state index contributed by atoms with van der Waals surface area (Å²) in [5.74, 6) is -0.642. The normalized spacial score (nSPS) is 11.4. The molecule has 0 bridgehead atoms. The Balaban J connectivity index is 1.77. The summed E-state index contributed by atoms with van der Waals surface area (Å²) in [6.45, 7) is 4.63. The quantitative estimate of drug-likeness (QED) is 0.382. The number of para-hydroxylation sites is 1. The minimum atomic E-state index is -0.660. The van der Waals surface area contributed by atoms with Gasteiger partial charge in [-0.1, -0.05) is 50.2 Å². The fraction of sp³-hybridized carbons (Fsp3) is 0.292. The second-order valence-electron chi connectivity index (χ2n) is 8.61.